The number of aliphatic hydroxyl groups excluding tert-OH is 2. The van der Waals surface area contributed by atoms with Crippen molar-refractivity contribution in [3.05, 3.63) is 23.9 Å². The van der Waals surface area contributed by atoms with Crippen LogP contribution in [0.25, 0.3) is 0 Å². The van der Waals surface area contributed by atoms with Crippen LogP contribution in [0.2, 0.25) is 0 Å². The van der Waals surface area contributed by atoms with Crippen molar-refractivity contribution in [3.8, 4) is 0 Å². The van der Waals surface area contributed by atoms with Crippen LogP contribution in [-0.2, 0) is 0 Å². The molecule has 3 nitrogen and oxygen atoms in total. The lowest BCUT2D eigenvalue weighted by Crippen LogP contribution is -2.45. The van der Waals surface area contributed by atoms with Crippen molar-refractivity contribution < 1.29 is 10.2 Å². The predicted octanol–water partition coefficient (Wildman–Crippen LogP) is 0.147. The van der Waals surface area contributed by atoms with Gasteiger partial charge in [-0.25, -0.2) is 0 Å². The van der Waals surface area contributed by atoms with E-state index in [0.29, 0.717) is 5.70 Å². The Balaban J connectivity index is 3.02. The maximum Gasteiger partial charge on any atom is 0.0856 e. The highest BCUT2D eigenvalue weighted by Gasteiger charge is 2.40. The van der Waals surface area contributed by atoms with E-state index in [1.165, 1.54) is 0 Å². The summed E-state index contributed by atoms with van der Waals surface area (Å²) >= 11 is 0. The summed E-state index contributed by atoms with van der Waals surface area (Å²) in [6, 6.07) is 0. The van der Waals surface area contributed by atoms with E-state index in [4.69, 9.17) is 5.73 Å². The molecule has 0 spiro atoms. The molecule has 0 heterocycles. The van der Waals surface area contributed by atoms with E-state index in [1.807, 2.05) is 0 Å². The van der Waals surface area contributed by atoms with Crippen LogP contribution in [-0.4, -0.2) is 22.4 Å². The topological polar surface area (TPSA) is 66.5 Å². The molecule has 0 radical (unpaired) electrons. The van der Waals surface area contributed by atoms with Gasteiger partial charge in [0, 0.05) is 5.70 Å². The van der Waals surface area contributed by atoms with Crippen molar-refractivity contribution in [1.29, 1.82) is 0 Å². The normalized spacial score (nSPS) is 37.7. The van der Waals surface area contributed by atoms with Crippen molar-refractivity contribution in [1.82, 2.24) is 0 Å². The Kier molecular flexibility index (Phi) is 2.26. The van der Waals surface area contributed by atoms with Gasteiger partial charge in [0.1, 0.15) is 0 Å². The van der Waals surface area contributed by atoms with Crippen molar-refractivity contribution in [3.63, 3.8) is 0 Å². The number of hydrogen-bond acceptors (Lipinski definition) is 3. The molecule has 3 heteroatoms. The van der Waals surface area contributed by atoms with E-state index in [2.05, 4.69) is 0 Å². The highest BCUT2D eigenvalue weighted by Crippen LogP contribution is 2.34. The molecular weight excluding hydrogens is 154 g/mol. The van der Waals surface area contributed by atoms with Gasteiger partial charge in [0.25, 0.3) is 0 Å². The fraction of sp³-hybridized carbons (Fsp3) is 0.556. The largest absolute Gasteiger partial charge is 0.401 e. The molecule has 0 bridgehead atoms. The minimum Gasteiger partial charge on any atom is -0.401 e. The monoisotopic (exact) mass is 169 g/mol. The van der Waals surface area contributed by atoms with Gasteiger partial charge < -0.3 is 15.9 Å². The van der Waals surface area contributed by atoms with Crippen LogP contribution in [0.15, 0.2) is 23.9 Å². The smallest absolute Gasteiger partial charge is 0.0856 e. The zero-order chi connectivity index (χ0) is 9.35. The first-order valence-corrected chi connectivity index (χ1v) is 4.00. The average Bonchev–Trinajstić information content (AvgIpc) is 1.99. The predicted molar refractivity (Wildman–Crippen MR) is 47.2 cm³/mol. The first kappa shape index (κ1) is 9.29. The maximum absolute atomic E-state index is 9.60. The van der Waals surface area contributed by atoms with Gasteiger partial charge >= 0.3 is 0 Å². The van der Waals surface area contributed by atoms with Crippen molar-refractivity contribution >= 4 is 0 Å². The molecule has 1 aliphatic rings. The van der Waals surface area contributed by atoms with E-state index >= 15 is 0 Å². The van der Waals surface area contributed by atoms with E-state index in [1.54, 1.807) is 32.1 Å². The number of hydrogen-bond donors (Lipinski definition) is 3. The number of allylic oxidation sites excluding steroid dienone is 2. The van der Waals surface area contributed by atoms with Crippen molar-refractivity contribution in [2.24, 2.45) is 11.1 Å². The van der Waals surface area contributed by atoms with E-state index in [-0.39, 0.29) is 0 Å². The Labute approximate surface area is 72.2 Å². The number of nitrogens with two attached hydrogens (primary N) is 1. The van der Waals surface area contributed by atoms with Gasteiger partial charge in [-0.2, -0.15) is 0 Å². The van der Waals surface area contributed by atoms with Gasteiger partial charge in [-0.15, -0.1) is 0 Å². The molecule has 1 aliphatic carbocycles. The summed E-state index contributed by atoms with van der Waals surface area (Å²) < 4.78 is 0. The molecule has 0 aromatic rings. The third-order valence-electron chi connectivity index (χ3n) is 2.67. The number of aliphatic hydroxyl groups is 2. The fourth-order valence-corrected chi connectivity index (χ4v) is 1.30. The van der Waals surface area contributed by atoms with Gasteiger partial charge in [0.15, 0.2) is 0 Å². The van der Waals surface area contributed by atoms with Crippen LogP contribution >= 0.6 is 0 Å². The summed E-state index contributed by atoms with van der Waals surface area (Å²) in [5.74, 6) is 0. The third kappa shape index (κ3) is 1.15. The first-order chi connectivity index (χ1) is 5.49. The zero-order valence-corrected chi connectivity index (χ0v) is 7.36. The van der Waals surface area contributed by atoms with Crippen LogP contribution < -0.4 is 5.73 Å². The molecule has 4 N–H and O–H groups in total. The minimum atomic E-state index is -0.741. The second kappa shape index (κ2) is 2.92. The Morgan fingerprint density at radius 2 is 2.25 bits per heavy atom. The molecule has 3 unspecified atom stereocenters. The molecule has 0 aliphatic heterocycles. The molecule has 0 amide bonds. The Morgan fingerprint density at radius 1 is 1.67 bits per heavy atom. The van der Waals surface area contributed by atoms with Crippen molar-refractivity contribution in [2.75, 3.05) is 0 Å². The quantitative estimate of drug-likeness (QED) is 0.523. The van der Waals surface area contributed by atoms with Crippen LogP contribution in [0.4, 0.5) is 0 Å². The highest BCUT2D eigenvalue weighted by atomic mass is 16.3. The van der Waals surface area contributed by atoms with Crippen LogP contribution in [0.3, 0.4) is 0 Å². The lowest BCUT2D eigenvalue weighted by atomic mass is 9.74. The van der Waals surface area contributed by atoms with Crippen LogP contribution in [0.1, 0.15) is 13.8 Å². The summed E-state index contributed by atoms with van der Waals surface area (Å²) in [7, 11) is 0. The lowest BCUT2D eigenvalue weighted by molar-refractivity contribution is -0.00497. The van der Waals surface area contributed by atoms with E-state index in [0.717, 1.165) is 0 Å². The standard InChI is InChI=1S/C9H15NO2/c1-6(11)9(2)7(10)4-3-5-8(9)12/h3-6,8,11-12H,10H2,1-2H3. The fourth-order valence-electron chi connectivity index (χ4n) is 1.30. The summed E-state index contributed by atoms with van der Waals surface area (Å²) in [6.07, 6.45) is 3.67. The van der Waals surface area contributed by atoms with Gasteiger partial charge in [-0.05, 0) is 19.9 Å². The summed E-state index contributed by atoms with van der Waals surface area (Å²) in [5, 5.41) is 19.1. The Hall–Kier alpha value is -0.800. The molecule has 0 saturated heterocycles. The second-order valence-corrected chi connectivity index (χ2v) is 3.41. The van der Waals surface area contributed by atoms with E-state index in [9.17, 15) is 10.2 Å². The molecule has 0 aromatic heterocycles. The summed E-state index contributed by atoms with van der Waals surface area (Å²) in [4.78, 5) is 0. The van der Waals surface area contributed by atoms with Crippen LogP contribution in [0.5, 0.6) is 0 Å². The van der Waals surface area contributed by atoms with E-state index < -0.39 is 17.6 Å². The Bertz CT molecular complexity index is 233. The molecule has 1 rings (SSSR count). The van der Waals surface area contributed by atoms with Gasteiger partial charge in [0.2, 0.25) is 0 Å². The van der Waals surface area contributed by atoms with Gasteiger partial charge in [-0.1, -0.05) is 12.2 Å². The zero-order valence-electron chi connectivity index (χ0n) is 7.36. The SMILES string of the molecule is CC(O)C1(C)C(N)=CC=CC1O. The molecule has 12 heavy (non-hydrogen) atoms. The van der Waals surface area contributed by atoms with Gasteiger partial charge in [0.05, 0.1) is 17.6 Å². The second-order valence-electron chi connectivity index (χ2n) is 3.41. The lowest BCUT2D eigenvalue weighted by Gasteiger charge is -2.37. The first-order valence-electron chi connectivity index (χ1n) is 4.00. The summed E-state index contributed by atoms with van der Waals surface area (Å²) in [5.41, 5.74) is 5.47. The average molecular weight is 169 g/mol. The Morgan fingerprint density at radius 3 is 2.58 bits per heavy atom. The maximum atomic E-state index is 9.60. The number of rotatable bonds is 1. The molecule has 0 aromatic carbocycles. The molecule has 0 saturated carbocycles. The molecule has 3 atom stereocenters. The molecule has 68 valence electrons. The third-order valence-corrected chi connectivity index (χ3v) is 2.67. The molecular formula is C9H15NO2. The van der Waals surface area contributed by atoms with Crippen molar-refractivity contribution in [2.45, 2.75) is 26.1 Å². The highest BCUT2D eigenvalue weighted by molar-refractivity contribution is 5.28. The summed E-state index contributed by atoms with van der Waals surface area (Å²) in [6.45, 7) is 3.38. The van der Waals surface area contributed by atoms with Crippen LogP contribution in [0, 0.1) is 5.41 Å². The minimum absolute atomic E-state index is 0.521. The molecule has 0 fully saturated rings. The van der Waals surface area contributed by atoms with Gasteiger partial charge in [-0.3, -0.25) is 0 Å².